The first-order valence-corrected chi connectivity index (χ1v) is 9.44. The van der Waals surface area contributed by atoms with Crippen LogP contribution in [-0.2, 0) is 9.59 Å². The van der Waals surface area contributed by atoms with Crippen LogP contribution in [0.1, 0.15) is 29.2 Å². The zero-order valence-corrected chi connectivity index (χ0v) is 16.5. The van der Waals surface area contributed by atoms with Gasteiger partial charge in [-0.2, -0.15) is 0 Å². The van der Waals surface area contributed by atoms with Crippen LogP contribution in [-0.4, -0.2) is 53.9 Å². The number of aliphatic hydroxyl groups is 1. The Kier molecular flexibility index (Phi) is 5.90. The highest BCUT2D eigenvalue weighted by molar-refractivity contribution is 6.46. The number of nitrogens with zero attached hydrogens (tertiary/aromatic N) is 2. The summed E-state index contributed by atoms with van der Waals surface area (Å²) >= 11 is 0. The molecule has 0 spiro atoms. The van der Waals surface area contributed by atoms with E-state index in [2.05, 4.69) is 4.98 Å². The molecule has 28 heavy (non-hydrogen) atoms. The molecule has 0 radical (unpaired) electrons. The van der Waals surface area contributed by atoms with Crippen LogP contribution in [0.25, 0.3) is 5.76 Å². The van der Waals surface area contributed by atoms with Crippen molar-refractivity contribution in [3.8, 4) is 0 Å². The van der Waals surface area contributed by atoms with Crippen molar-refractivity contribution in [2.24, 2.45) is 0 Å². The van der Waals surface area contributed by atoms with E-state index >= 15 is 0 Å². The van der Waals surface area contributed by atoms with Crippen LogP contribution < -0.4 is 4.90 Å². The molecule has 0 unspecified atom stereocenters. The molecule has 6 heteroatoms. The molecule has 1 saturated heterocycles. The number of benzene rings is 1. The van der Waals surface area contributed by atoms with Gasteiger partial charge in [0.25, 0.3) is 11.7 Å². The average Bonchev–Trinajstić information content (AvgIpc) is 2.93. The van der Waals surface area contributed by atoms with Crippen LogP contribution in [0.2, 0.25) is 0 Å². The van der Waals surface area contributed by atoms with Crippen molar-refractivity contribution in [2.45, 2.75) is 19.4 Å². The van der Waals surface area contributed by atoms with Crippen LogP contribution >= 0.6 is 0 Å². The number of aryl methyl sites for hydroxylation is 1. The molecule has 0 bridgehead atoms. The van der Waals surface area contributed by atoms with Crippen molar-refractivity contribution in [3.63, 3.8) is 0 Å². The third kappa shape index (κ3) is 3.97. The Bertz CT molecular complexity index is 889. The van der Waals surface area contributed by atoms with Crippen LogP contribution in [0.5, 0.6) is 0 Å². The van der Waals surface area contributed by atoms with Crippen LogP contribution in [0, 0.1) is 6.92 Å². The number of hydrogen-bond donors (Lipinski definition) is 2. The number of aromatic nitrogens is 1. The van der Waals surface area contributed by atoms with E-state index in [9.17, 15) is 14.7 Å². The number of aliphatic hydroxyl groups excluding tert-OH is 1. The monoisotopic (exact) mass is 380 g/mol. The van der Waals surface area contributed by atoms with E-state index in [0.29, 0.717) is 12.1 Å². The molecule has 1 aliphatic rings. The summed E-state index contributed by atoms with van der Waals surface area (Å²) in [6, 6.07) is 10.2. The van der Waals surface area contributed by atoms with Crippen LogP contribution in [0.4, 0.5) is 0 Å². The first kappa shape index (κ1) is 19.8. The number of hydrogen-bond acceptors (Lipinski definition) is 4. The summed E-state index contributed by atoms with van der Waals surface area (Å²) in [5.41, 5.74) is 2.48. The number of Topliss-reactive ketones (excluding diaryl/α,β-unsaturated/α-hetero) is 1. The number of pyridine rings is 1. The van der Waals surface area contributed by atoms with Gasteiger partial charge in [-0.3, -0.25) is 14.6 Å². The quantitative estimate of drug-likeness (QED) is 0.451. The highest BCUT2D eigenvalue weighted by Crippen LogP contribution is 2.39. The first-order chi connectivity index (χ1) is 13.4. The largest absolute Gasteiger partial charge is 0.507 e. The lowest BCUT2D eigenvalue weighted by Crippen LogP contribution is -3.05. The fraction of sp³-hybridized carbons (Fsp3) is 0.318. The number of likely N-dealkylation sites (tertiary alicyclic amines) is 1. The minimum Gasteiger partial charge on any atom is -0.507 e. The predicted octanol–water partition coefficient (Wildman–Crippen LogP) is 1.35. The molecule has 2 aromatic rings. The third-order valence-corrected chi connectivity index (χ3v) is 4.96. The molecule has 146 valence electrons. The number of amides is 1. The number of nitrogens with one attached hydrogen (secondary N) is 1. The van der Waals surface area contributed by atoms with E-state index in [1.54, 1.807) is 41.6 Å². The van der Waals surface area contributed by atoms with Crippen molar-refractivity contribution in [1.82, 2.24) is 9.88 Å². The molecular weight excluding hydrogens is 354 g/mol. The van der Waals surface area contributed by atoms with E-state index in [1.165, 1.54) is 4.90 Å². The minimum absolute atomic E-state index is 0.136. The molecule has 0 aliphatic carbocycles. The van der Waals surface area contributed by atoms with Crippen LogP contribution in [0.3, 0.4) is 0 Å². The Morgan fingerprint density at radius 2 is 1.75 bits per heavy atom. The Labute approximate surface area is 165 Å². The second-order valence-electron chi connectivity index (χ2n) is 7.45. The Morgan fingerprint density at radius 1 is 1.11 bits per heavy atom. The summed E-state index contributed by atoms with van der Waals surface area (Å²) in [7, 11) is 4.09. The molecule has 1 aromatic heterocycles. The second kappa shape index (κ2) is 8.35. The Morgan fingerprint density at radius 3 is 2.36 bits per heavy atom. The van der Waals surface area contributed by atoms with Crippen molar-refractivity contribution >= 4 is 17.4 Å². The molecular formula is C22H26N3O3+. The van der Waals surface area contributed by atoms with Gasteiger partial charge in [-0.15, -0.1) is 0 Å². The van der Waals surface area contributed by atoms with Crippen molar-refractivity contribution in [1.29, 1.82) is 0 Å². The van der Waals surface area contributed by atoms with E-state index in [0.717, 1.165) is 24.1 Å². The maximum absolute atomic E-state index is 12.8. The summed E-state index contributed by atoms with van der Waals surface area (Å²) in [4.78, 5) is 32.5. The Balaban J connectivity index is 2.06. The van der Waals surface area contributed by atoms with Gasteiger partial charge in [0.1, 0.15) is 5.76 Å². The molecule has 2 N–H and O–H groups in total. The zero-order valence-electron chi connectivity index (χ0n) is 16.5. The molecule has 1 aliphatic heterocycles. The maximum atomic E-state index is 12.8. The third-order valence-electron chi connectivity index (χ3n) is 4.96. The van der Waals surface area contributed by atoms with E-state index in [-0.39, 0.29) is 11.3 Å². The fourth-order valence-electron chi connectivity index (χ4n) is 3.47. The summed E-state index contributed by atoms with van der Waals surface area (Å²) in [5.74, 6) is -1.35. The number of carbonyl (C=O) groups is 2. The molecule has 3 rings (SSSR count). The number of rotatable bonds is 6. The number of carbonyl (C=O) groups excluding carboxylic acids is 2. The van der Waals surface area contributed by atoms with E-state index in [1.807, 2.05) is 33.2 Å². The van der Waals surface area contributed by atoms with Crippen molar-refractivity contribution in [2.75, 3.05) is 27.2 Å². The lowest BCUT2D eigenvalue weighted by Gasteiger charge is -2.25. The second-order valence-corrected chi connectivity index (χ2v) is 7.45. The van der Waals surface area contributed by atoms with Gasteiger partial charge in [0.05, 0.1) is 32.3 Å². The number of ketones is 1. The van der Waals surface area contributed by atoms with Gasteiger partial charge in [-0.05, 0) is 24.6 Å². The highest BCUT2D eigenvalue weighted by atomic mass is 16.3. The SMILES string of the molecule is Cc1ccc(/C(O)=C2\C(=O)C(=O)N(CCC[NH+](C)C)[C@H]2c2ccncc2)cc1. The average molecular weight is 380 g/mol. The highest BCUT2D eigenvalue weighted by Gasteiger charge is 2.45. The normalized spacial score (nSPS) is 18.9. The lowest BCUT2D eigenvalue weighted by molar-refractivity contribution is -0.858. The zero-order chi connectivity index (χ0) is 20.3. The van der Waals surface area contributed by atoms with Gasteiger partial charge in [0, 0.05) is 30.9 Å². The lowest BCUT2D eigenvalue weighted by atomic mass is 9.95. The molecule has 0 saturated carbocycles. The van der Waals surface area contributed by atoms with Crippen molar-refractivity contribution in [3.05, 3.63) is 71.1 Å². The fourth-order valence-corrected chi connectivity index (χ4v) is 3.47. The summed E-state index contributed by atoms with van der Waals surface area (Å²) in [6.45, 7) is 3.28. The molecule has 1 aromatic carbocycles. The minimum atomic E-state index is -0.642. The van der Waals surface area contributed by atoms with Gasteiger partial charge in [0.2, 0.25) is 0 Å². The Hall–Kier alpha value is -2.99. The standard InChI is InChI=1S/C22H25N3O3/c1-15-5-7-17(8-6-15)20(26)18-19(16-9-11-23-12-10-16)25(22(28)21(18)27)14-4-13-24(2)3/h5-12,19,26H,4,13-14H2,1-3H3/p+1/b20-18+/t19-/m0/s1. The maximum Gasteiger partial charge on any atom is 0.295 e. The molecule has 1 atom stereocenters. The summed E-state index contributed by atoms with van der Waals surface area (Å²) in [6.07, 6.45) is 4.03. The van der Waals surface area contributed by atoms with Crippen molar-refractivity contribution < 1.29 is 19.6 Å². The molecule has 1 fully saturated rings. The predicted molar refractivity (Wildman–Crippen MR) is 107 cm³/mol. The smallest absolute Gasteiger partial charge is 0.295 e. The first-order valence-electron chi connectivity index (χ1n) is 9.44. The van der Waals surface area contributed by atoms with Crippen LogP contribution in [0.15, 0.2) is 54.4 Å². The molecule has 1 amide bonds. The van der Waals surface area contributed by atoms with Gasteiger partial charge in [-0.1, -0.05) is 29.8 Å². The summed E-state index contributed by atoms with van der Waals surface area (Å²) in [5, 5.41) is 10.9. The summed E-state index contributed by atoms with van der Waals surface area (Å²) < 4.78 is 0. The van der Waals surface area contributed by atoms with Gasteiger partial charge in [0.15, 0.2) is 0 Å². The van der Waals surface area contributed by atoms with E-state index in [4.69, 9.17) is 0 Å². The molecule has 2 heterocycles. The topological polar surface area (TPSA) is 74.9 Å². The van der Waals surface area contributed by atoms with Gasteiger partial charge >= 0.3 is 0 Å². The molecule has 6 nitrogen and oxygen atoms in total. The van der Waals surface area contributed by atoms with Gasteiger partial charge in [-0.25, -0.2) is 0 Å². The van der Waals surface area contributed by atoms with Gasteiger partial charge < -0.3 is 14.9 Å². The van der Waals surface area contributed by atoms with E-state index < -0.39 is 17.7 Å². The number of quaternary nitrogens is 1.